The van der Waals surface area contributed by atoms with Crippen LogP contribution in [0.1, 0.15) is 23.1 Å². The average Bonchev–Trinajstić information content (AvgIpc) is 3.28. The van der Waals surface area contributed by atoms with Crippen LogP contribution < -0.4 is 10.5 Å². The van der Waals surface area contributed by atoms with E-state index < -0.39 is 17.6 Å². The number of rotatable bonds is 3. The van der Waals surface area contributed by atoms with Crippen molar-refractivity contribution in [2.75, 3.05) is 24.6 Å². The Morgan fingerprint density at radius 2 is 1.92 bits per heavy atom. The third-order valence-corrected chi connectivity index (χ3v) is 6.31. The van der Waals surface area contributed by atoms with Crippen molar-refractivity contribution >= 4 is 16.7 Å². The zero-order valence-corrected chi connectivity index (χ0v) is 19.7. The van der Waals surface area contributed by atoms with Gasteiger partial charge in [-0.25, -0.2) is 14.4 Å². The van der Waals surface area contributed by atoms with Crippen LogP contribution in [0.4, 0.5) is 23.4 Å². The topological polar surface area (TPSA) is 78.1 Å². The number of ether oxygens (including phenoxy) is 1. The molecule has 5 rings (SSSR count). The van der Waals surface area contributed by atoms with Gasteiger partial charge in [-0.05, 0) is 31.2 Å². The van der Waals surface area contributed by atoms with Gasteiger partial charge in [0.2, 0.25) is 0 Å². The molecule has 1 aliphatic heterocycles. The number of hydrogen-bond acceptors (Lipinski definition) is 6. The van der Waals surface area contributed by atoms with Crippen LogP contribution in [0.5, 0.6) is 0 Å². The summed E-state index contributed by atoms with van der Waals surface area (Å²) in [5.41, 5.74) is -0.671. The van der Waals surface area contributed by atoms with Crippen molar-refractivity contribution < 1.29 is 22.3 Å². The van der Waals surface area contributed by atoms with Crippen molar-refractivity contribution in [1.29, 1.82) is 0 Å². The van der Waals surface area contributed by atoms with Gasteiger partial charge in [-0.1, -0.05) is 0 Å². The second-order valence-electron chi connectivity index (χ2n) is 8.69. The zero-order chi connectivity index (χ0) is 25.8. The van der Waals surface area contributed by atoms with E-state index in [0.29, 0.717) is 37.4 Å². The van der Waals surface area contributed by atoms with Crippen LogP contribution in [0.2, 0.25) is 0 Å². The normalized spacial score (nSPS) is 16.6. The Labute approximate surface area is 202 Å². The Bertz CT molecular complexity index is 1530. The Morgan fingerprint density at radius 1 is 1.14 bits per heavy atom. The first-order valence-corrected chi connectivity index (χ1v) is 11.1. The quantitative estimate of drug-likeness (QED) is 0.397. The highest BCUT2D eigenvalue weighted by atomic mass is 19.4. The maximum Gasteiger partial charge on any atom is 0.416 e. The van der Waals surface area contributed by atoms with Gasteiger partial charge >= 0.3 is 6.18 Å². The van der Waals surface area contributed by atoms with Crippen molar-refractivity contribution in [3.8, 4) is 11.3 Å². The minimum atomic E-state index is -4.70. The fourth-order valence-electron chi connectivity index (χ4n) is 4.26. The molecule has 1 aromatic carbocycles. The molecule has 1 saturated heterocycles. The Hall–Kier alpha value is -3.80. The van der Waals surface area contributed by atoms with E-state index in [2.05, 4.69) is 15.1 Å². The fraction of sp³-hybridized carbons (Fsp3) is 0.333. The van der Waals surface area contributed by atoms with Gasteiger partial charge < -0.3 is 9.64 Å². The third-order valence-electron chi connectivity index (χ3n) is 6.31. The number of pyridine rings is 1. The van der Waals surface area contributed by atoms with Crippen molar-refractivity contribution in [3.63, 3.8) is 0 Å². The van der Waals surface area contributed by atoms with E-state index in [1.165, 1.54) is 4.57 Å². The number of nitrogens with zero attached hydrogens (tertiary/aromatic N) is 6. The molecule has 1 aliphatic rings. The molecule has 188 valence electrons. The van der Waals surface area contributed by atoms with E-state index in [9.17, 15) is 18.0 Å². The first-order chi connectivity index (χ1) is 17.0. The zero-order valence-electron chi connectivity index (χ0n) is 19.7. The maximum atomic E-state index is 15.0. The molecule has 0 aliphatic carbocycles. The monoisotopic (exact) mass is 502 g/mol. The van der Waals surface area contributed by atoms with Crippen molar-refractivity contribution in [2.24, 2.45) is 14.1 Å². The van der Waals surface area contributed by atoms with E-state index >= 15 is 4.39 Å². The molecule has 4 heterocycles. The van der Waals surface area contributed by atoms with Crippen LogP contribution in [0, 0.1) is 12.7 Å². The lowest BCUT2D eigenvalue weighted by atomic mass is 10.0. The third kappa shape index (κ3) is 4.21. The summed E-state index contributed by atoms with van der Waals surface area (Å²) in [6.45, 7) is 2.82. The van der Waals surface area contributed by atoms with Crippen LogP contribution in [0.15, 0.2) is 41.5 Å². The minimum absolute atomic E-state index is 0.000978. The van der Waals surface area contributed by atoms with E-state index in [1.54, 1.807) is 38.0 Å². The largest absolute Gasteiger partial charge is 0.416 e. The predicted octanol–water partition coefficient (Wildman–Crippen LogP) is 3.77. The number of fused-ring (bicyclic) bond motifs is 1. The second kappa shape index (κ2) is 8.70. The summed E-state index contributed by atoms with van der Waals surface area (Å²) in [4.78, 5) is 24.1. The van der Waals surface area contributed by atoms with Gasteiger partial charge in [-0.3, -0.25) is 14.0 Å². The molecule has 0 spiro atoms. The molecule has 0 radical (unpaired) electrons. The lowest BCUT2D eigenvalue weighted by molar-refractivity contribution is -0.137. The fourth-order valence-corrected chi connectivity index (χ4v) is 4.26. The van der Waals surface area contributed by atoms with Crippen molar-refractivity contribution in [3.05, 3.63) is 69.8 Å². The van der Waals surface area contributed by atoms with Crippen LogP contribution in [-0.2, 0) is 25.0 Å². The van der Waals surface area contributed by atoms with Crippen LogP contribution >= 0.6 is 0 Å². The molecule has 0 bridgehead atoms. The molecule has 12 heteroatoms. The highest BCUT2D eigenvalue weighted by Crippen LogP contribution is 2.35. The van der Waals surface area contributed by atoms with Crippen LogP contribution in [-0.4, -0.2) is 44.0 Å². The number of morpholine rings is 1. The summed E-state index contributed by atoms with van der Waals surface area (Å²) in [5, 5.41) is 4.36. The average molecular weight is 502 g/mol. The molecule has 1 atom stereocenters. The highest BCUT2D eigenvalue weighted by molar-refractivity contribution is 5.93. The van der Waals surface area contributed by atoms with Crippen molar-refractivity contribution in [1.82, 2.24) is 24.3 Å². The number of anilines is 1. The number of halogens is 4. The molecule has 4 aromatic rings. The standard InChI is InChI=1S/C24H22F4N6O2/c1-13-30-22-17(23(35)33(13)3)9-20(34-6-7-36-19(12-34)14-10-29-32(2)11-14)31-21(22)16-5-4-15(8-18(16)25)24(26,27)28/h4-5,8-11,19H,6-7,12H2,1-3H3/t19-/m0/s1. The molecular formula is C24H22F4N6O2. The molecule has 0 amide bonds. The summed E-state index contributed by atoms with van der Waals surface area (Å²) in [5.74, 6) is -0.374. The van der Waals surface area contributed by atoms with Crippen molar-refractivity contribution in [2.45, 2.75) is 19.2 Å². The van der Waals surface area contributed by atoms with Crippen LogP contribution in [0.3, 0.4) is 0 Å². The first-order valence-electron chi connectivity index (χ1n) is 11.1. The lowest BCUT2D eigenvalue weighted by Gasteiger charge is -2.33. The van der Waals surface area contributed by atoms with Gasteiger partial charge in [0.1, 0.15) is 34.8 Å². The number of aromatic nitrogens is 5. The van der Waals surface area contributed by atoms with Gasteiger partial charge in [0.15, 0.2) is 0 Å². The minimum Gasteiger partial charge on any atom is -0.370 e. The highest BCUT2D eigenvalue weighted by Gasteiger charge is 2.32. The van der Waals surface area contributed by atoms with Gasteiger partial charge in [0.05, 0.1) is 23.8 Å². The van der Waals surface area contributed by atoms with E-state index in [0.717, 1.165) is 17.7 Å². The Balaban J connectivity index is 1.67. The SMILES string of the molecule is Cc1nc2c(-c3ccc(C(F)(F)F)cc3F)nc(N3CCO[C@H](c4cnn(C)c4)C3)cc2c(=O)n1C. The molecule has 8 nitrogen and oxygen atoms in total. The van der Waals surface area contributed by atoms with Gasteiger partial charge in [-0.2, -0.15) is 18.3 Å². The Morgan fingerprint density at radius 3 is 2.58 bits per heavy atom. The maximum absolute atomic E-state index is 15.0. The Kier molecular flexibility index (Phi) is 5.78. The number of alkyl halides is 3. The smallest absolute Gasteiger partial charge is 0.370 e. The summed E-state index contributed by atoms with van der Waals surface area (Å²) >= 11 is 0. The summed E-state index contributed by atoms with van der Waals surface area (Å²) in [6, 6.07) is 3.83. The molecule has 3 aromatic heterocycles. The summed E-state index contributed by atoms with van der Waals surface area (Å²) < 4.78 is 63.3. The van der Waals surface area contributed by atoms with Gasteiger partial charge in [-0.15, -0.1) is 0 Å². The molecule has 1 fully saturated rings. The molecule has 36 heavy (non-hydrogen) atoms. The number of benzene rings is 1. The first kappa shape index (κ1) is 23.9. The molecule has 0 N–H and O–H groups in total. The summed E-state index contributed by atoms with van der Waals surface area (Å²) in [7, 11) is 3.36. The molecule has 0 unspecified atom stereocenters. The summed E-state index contributed by atoms with van der Waals surface area (Å²) in [6.07, 6.45) is -1.47. The number of aryl methyl sites for hydroxylation is 2. The molecule has 0 saturated carbocycles. The second-order valence-corrected chi connectivity index (χ2v) is 8.69. The molecular weight excluding hydrogens is 480 g/mol. The number of hydrogen-bond donors (Lipinski definition) is 0. The van der Waals surface area contributed by atoms with E-state index in [-0.39, 0.29) is 33.8 Å². The lowest BCUT2D eigenvalue weighted by Crippen LogP contribution is -2.39. The van der Waals surface area contributed by atoms with E-state index in [4.69, 9.17) is 4.74 Å². The van der Waals surface area contributed by atoms with Gasteiger partial charge in [0.25, 0.3) is 5.56 Å². The van der Waals surface area contributed by atoms with Crippen LogP contribution in [0.25, 0.3) is 22.2 Å². The van der Waals surface area contributed by atoms with Gasteiger partial charge in [0, 0.05) is 44.5 Å². The van der Waals surface area contributed by atoms with E-state index in [1.807, 2.05) is 11.1 Å². The predicted molar refractivity (Wildman–Crippen MR) is 124 cm³/mol.